The SMILES string of the molecule is COc1cc(C(=O)N2CCC3CNCC3C2)cc(OC)c1C.Cl. The second-order valence-corrected chi connectivity index (χ2v) is 6.22. The van der Waals surface area contributed by atoms with Crippen LogP contribution in [0.1, 0.15) is 22.3 Å². The van der Waals surface area contributed by atoms with E-state index in [0.717, 1.165) is 44.1 Å². The Kier molecular flexibility index (Phi) is 5.76. The average Bonchev–Trinajstić information content (AvgIpc) is 3.02. The zero-order valence-corrected chi connectivity index (χ0v) is 14.7. The van der Waals surface area contributed by atoms with Gasteiger partial charge in [-0.1, -0.05) is 0 Å². The number of methoxy groups -OCH3 is 2. The number of nitrogens with one attached hydrogen (secondary N) is 1. The van der Waals surface area contributed by atoms with Gasteiger partial charge in [0.2, 0.25) is 0 Å². The summed E-state index contributed by atoms with van der Waals surface area (Å²) in [7, 11) is 3.23. The second-order valence-electron chi connectivity index (χ2n) is 6.22. The molecule has 0 aliphatic carbocycles. The van der Waals surface area contributed by atoms with E-state index in [9.17, 15) is 4.79 Å². The molecule has 0 saturated carbocycles. The smallest absolute Gasteiger partial charge is 0.254 e. The molecule has 128 valence electrons. The van der Waals surface area contributed by atoms with Crippen molar-refractivity contribution in [2.24, 2.45) is 11.8 Å². The third kappa shape index (κ3) is 3.40. The molecule has 1 aromatic carbocycles. The molecule has 2 atom stereocenters. The predicted octanol–water partition coefficient (Wildman–Crippen LogP) is 2.12. The van der Waals surface area contributed by atoms with Crippen LogP contribution in [0.3, 0.4) is 0 Å². The van der Waals surface area contributed by atoms with Crippen molar-refractivity contribution < 1.29 is 14.3 Å². The lowest BCUT2D eigenvalue weighted by Crippen LogP contribution is -2.43. The number of carbonyl (C=O) groups is 1. The molecule has 2 unspecified atom stereocenters. The Balaban J connectivity index is 0.00000192. The number of amides is 1. The molecule has 0 spiro atoms. The Labute approximate surface area is 143 Å². The Morgan fingerprint density at radius 2 is 1.78 bits per heavy atom. The molecule has 23 heavy (non-hydrogen) atoms. The fourth-order valence-corrected chi connectivity index (χ4v) is 3.61. The van der Waals surface area contributed by atoms with Gasteiger partial charge in [-0.2, -0.15) is 0 Å². The topological polar surface area (TPSA) is 50.8 Å². The standard InChI is InChI=1S/C17H24N2O3.ClH/c1-11-15(21-2)6-13(7-16(11)22-3)17(20)19-5-4-12-8-18-9-14(12)10-19;/h6-7,12,14,18H,4-5,8-10H2,1-3H3;1H. The second kappa shape index (κ2) is 7.41. The Morgan fingerprint density at radius 1 is 1.17 bits per heavy atom. The maximum Gasteiger partial charge on any atom is 0.254 e. The molecule has 5 nitrogen and oxygen atoms in total. The molecule has 0 bridgehead atoms. The molecular weight excluding hydrogens is 316 g/mol. The lowest BCUT2D eigenvalue weighted by Gasteiger charge is -2.34. The van der Waals surface area contributed by atoms with Gasteiger partial charge in [0, 0.05) is 24.2 Å². The molecule has 1 aromatic rings. The van der Waals surface area contributed by atoms with E-state index >= 15 is 0 Å². The van der Waals surface area contributed by atoms with Gasteiger partial charge in [0.25, 0.3) is 5.91 Å². The number of piperidine rings is 1. The first kappa shape index (κ1) is 17.9. The summed E-state index contributed by atoms with van der Waals surface area (Å²) in [6.07, 6.45) is 1.09. The van der Waals surface area contributed by atoms with E-state index in [1.54, 1.807) is 14.2 Å². The molecule has 3 rings (SSSR count). The van der Waals surface area contributed by atoms with Gasteiger partial charge in [0.1, 0.15) is 11.5 Å². The number of hydrogen-bond acceptors (Lipinski definition) is 4. The minimum absolute atomic E-state index is 0. The van der Waals surface area contributed by atoms with Crippen molar-refractivity contribution in [2.75, 3.05) is 40.4 Å². The number of nitrogens with zero attached hydrogens (tertiary/aromatic N) is 1. The highest BCUT2D eigenvalue weighted by Gasteiger charge is 2.34. The van der Waals surface area contributed by atoms with Crippen LogP contribution in [-0.2, 0) is 0 Å². The third-order valence-corrected chi connectivity index (χ3v) is 4.99. The highest BCUT2D eigenvalue weighted by molar-refractivity contribution is 5.95. The lowest BCUT2D eigenvalue weighted by molar-refractivity contribution is 0.0642. The number of rotatable bonds is 3. The van der Waals surface area contributed by atoms with Gasteiger partial charge in [0.05, 0.1) is 14.2 Å². The first-order valence-corrected chi connectivity index (χ1v) is 7.86. The highest BCUT2D eigenvalue weighted by atomic mass is 35.5. The van der Waals surface area contributed by atoms with Crippen molar-refractivity contribution in [2.45, 2.75) is 13.3 Å². The number of ether oxygens (including phenoxy) is 2. The summed E-state index contributed by atoms with van der Waals surface area (Å²) in [5.41, 5.74) is 1.56. The van der Waals surface area contributed by atoms with Crippen LogP contribution in [0.4, 0.5) is 0 Å². The van der Waals surface area contributed by atoms with Crippen LogP contribution in [0.25, 0.3) is 0 Å². The molecule has 1 amide bonds. The number of fused-ring (bicyclic) bond motifs is 1. The van der Waals surface area contributed by atoms with Gasteiger partial charge in [-0.05, 0) is 50.4 Å². The van der Waals surface area contributed by atoms with E-state index in [1.165, 1.54) is 0 Å². The van der Waals surface area contributed by atoms with Crippen LogP contribution >= 0.6 is 12.4 Å². The summed E-state index contributed by atoms with van der Waals surface area (Å²) >= 11 is 0. The molecule has 2 saturated heterocycles. The number of carbonyl (C=O) groups excluding carboxylic acids is 1. The first-order valence-electron chi connectivity index (χ1n) is 7.86. The maximum atomic E-state index is 12.8. The van der Waals surface area contributed by atoms with Crippen LogP contribution < -0.4 is 14.8 Å². The largest absolute Gasteiger partial charge is 0.496 e. The molecule has 2 fully saturated rings. The van der Waals surface area contributed by atoms with Crippen LogP contribution in [0.2, 0.25) is 0 Å². The normalized spacial score (nSPS) is 23.0. The van der Waals surface area contributed by atoms with Crippen molar-refractivity contribution in [1.29, 1.82) is 0 Å². The lowest BCUT2D eigenvalue weighted by atomic mass is 9.88. The average molecular weight is 341 g/mol. The van der Waals surface area contributed by atoms with Gasteiger partial charge in [-0.25, -0.2) is 0 Å². The Morgan fingerprint density at radius 3 is 2.39 bits per heavy atom. The molecular formula is C17H25ClN2O3. The van der Waals surface area contributed by atoms with Crippen molar-refractivity contribution >= 4 is 18.3 Å². The molecule has 0 aromatic heterocycles. The van der Waals surface area contributed by atoms with Crippen molar-refractivity contribution in [1.82, 2.24) is 10.2 Å². The quantitative estimate of drug-likeness (QED) is 0.915. The molecule has 1 N–H and O–H groups in total. The Hall–Kier alpha value is -1.46. The Bertz CT molecular complexity index is 554. The summed E-state index contributed by atoms with van der Waals surface area (Å²) in [5, 5.41) is 3.43. The number of hydrogen-bond donors (Lipinski definition) is 1. The fourth-order valence-electron chi connectivity index (χ4n) is 3.61. The summed E-state index contributed by atoms with van der Waals surface area (Å²) in [5.74, 6) is 2.78. The van der Waals surface area contributed by atoms with Gasteiger partial charge in [0.15, 0.2) is 0 Å². The van der Waals surface area contributed by atoms with E-state index in [-0.39, 0.29) is 18.3 Å². The zero-order valence-electron chi connectivity index (χ0n) is 13.9. The van der Waals surface area contributed by atoms with Gasteiger partial charge in [-0.3, -0.25) is 4.79 Å². The van der Waals surface area contributed by atoms with Crippen LogP contribution in [0, 0.1) is 18.8 Å². The molecule has 0 radical (unpaired) electrons. The maximum absolute atomic E-state index is 12.8. The molecule has 2 aliphatic heterocycles. The van der Waals surface area contributed by atoms with Crippen molar-refractivity contribution in [3.8, 4) is 11.5 Å². The molecule has 2 heterocycles. The highest BCUT2D eigenvalue weighted by Crippen LogP contribution is 2.32. The van der Waals surface area contributed by atoms with E-state index in [0.29, 0.717) is 23.0 Å². The third-order valence-electron chi connectivity index (χ3n) is 4.99. The number of benzene rings is 1. The summed E-state index contributed by atoms with van der Waals surface area (Å²) < 4.78 is 10.7. The van der Waals surface area contributed by atoms with Gasteiger partial charge < -0.3 is 19.7 Å². The minimum atomic E-state index is 0. The van der Waals surface area contributed by atoms with E-state index in [4.69, 9.17) is 9.47 Å². The van der Waals surface area contributed by atoms with Crippen LogP contribution in [0.15, 0.2) is 12.1 Å². The number of halogens is 1. The molecule has 2 aliphatic rings. The fraction of sp³-hybridized carbons (Fsp3) is 0.588. The summed E-state index contributed by atoms with van der Waals surface area (Å²) in [4.78, 5) is 14.8. The van der Waals surface area contributed by atoms with Crippen LogP contribution in [0.5, 0.6) is 11.5 Å². The molecule has 6 heteroatoms. The van der Waals surface area contributed by atoms with Crippen molar-refractivity contribution in [3.63, 3.8) is 0 Å². The van der Waals surface area contributed by atoms with Gasteiger partial charge >= 0.3 is 0 Å². The van der Waals surface area contributed by atoms with E-state index in [1.807, 2.05) is 24.0 Å². The predicted molar refractivity (Wildman–Crippen MR) is 91.9 cm³/mol. The van der Waals surface area contributed by atoms with Crippen LogP contribution in [-0.4, -0.2) is 51.2 Å². The van der Waals surface area contributed by atoms with E-state index in [2.05, 4.69) is 5.32 Å². The van der Waals surface area contributed by atoms with Gasteiger partial charge in [-0.15, -0.1) is 12.4 Å². The summed E-state index contributed by atoms with van der Waals surface area (Å²) in [6, 6.07) is 3.64. The monoisotopic (exact) mass is 340 g/mol. The van der Waals surface area contributed by atoms with E-state index < -0.39 is 0 Å². The number of likely N-dealkylation sites (tertiary alicyclic amines) is 1. The van der Waals surface area contributed by atoms with Crippen molar-refractivity contribution in [3.05, 3.63) is 23.3 Å². The zero-order chi connectivity index (χ0) is 15.7. The minimum Gasteiger partial charge on any atom is -0.496 e. The first-order chi connectivity index (χ1) is 10.6. The summed E-state index contributed by atoms with van der Waals surface area (Å²) in [6.45, 7) is 5.73.